The third-order valence-electron chi connectivity index (χ3n) is 5.82. The number of anilines is 1. The number of aryl methyl sites for hydroxylation is 1. The quantitative estimate of drug-likeness (QED) is 0.621. The maximum Gasteiger partial charge on any atom is 0.258 e. The van der Waals surface area contributed by atoms with Gasteiger partial charge >= 0.3 is 0 Å². The van der Waals surface area contributed by atoms with Crippen molar-refractivity contribution in [1.29, 1.82) is 0 Å². The largest absolute Gasteiger partial charge is 0.495 e. The molecule has 0 bridgehead atoms. The molecule has 1 aliphatic rings. The molecule has 32 heavy (non-hydrogen) atoms. The number of hydrogen-bond acceptors (Lipinski definition) is 5. The van der Waals surface area contributed by atoms with Crippen LogP contribution in [0, 0.1) is 5.92 Å². The first-order chi connectivity index (χ1) is 15.5. The van der Waals surface area contributed by atoms with Crippen molar-refractivity contribution in [1.82, 2.24) is 14.9 Å². The molecule has 1 aliphatic heterocycles. The molecule has 3 aromatic rings. The fourth-order valence-corrected chi connectivity index (χ4v) is 4.01. The molecule has 2 aromatic carbocycles. The van der Waals surface area contributed by atoms with Crippen LogP contribution in [0.1, 0.15) is 25.1 Å². The lowest BCUT2D eigenvalue weighted by molar-refractivity contribution is -0.134. The van der Waals surface area contributed by atoms with Crippen LogP contribution in [0.15, 0.2) is 53.3 Å². The zero-order valence-electron chi connectivity index (χ0n) is 18.0. The van der Waals surface area contributed by atoms with Crippen LogP contribution < -0.4 is 15.6 Å². The average molecular weight is 434 g/mol. The number of ether oxygens (including phenoxy) is 1. The number of para-hydroxylation sites is 3. The van der Waals surface area contributed by atoms with Gasteiger partial charge in [0.25, 0.3) is 5.56 Å². The van der Waals surface area contributed by atoms with Gasteiger partial charge in [-0.2, -0.15) is 0 Å². The zero-order valence-corrected chi connectivity index (χ0v) is 18.0. The van der Waals surface area contributed by atoms with Crippen LogP contribution in [0.4, 0.5) is 5.69 Å². The van der Waals surface area contributed by atoms with E-state index in [9.17, 15) is 14.4 Å². The summed E-state index contributed by atoms with van der Waals surface area (Å²) in [6.45, 7) is 1.06. The first-order valence-corrected chi connectivity index (χ1v) is 10.7. The summed E-state index contributed by atoms with van der Waals surface area (Å²) in [5, 5.41) is 3.47. The van der Waals surface area contributed by atoms with Gasteiger partial charge in [0.15, 0.2) is 0 Å². The number of aromatic amines is 1. The lowest BCUT2D eigenvalue weighted by Crippen LogP contribution is -2.41. The maximum absolute atomic E-state index is 12.7. The number of nitrogens with one attached hydrogen (secondary N) is 2. The van der Waals surface area contributed by atoms with Gasteiger partial charge in [0.05, 0.1) is 23.7 Å². The number of rotatable bonds is 6. The molecule has 0 aliphatic carbocycles. The fraction of sp³-hybridized carbons (Fsp3) is 0.333. The number of benzene rings is 2. The van der Waals surface area contributed by atoms with Gasteiger partial charge in [-0.3, -0.25) is 14.4 Å². The van der Waals surface area contributed by atoms with Crippen LogP contribution in [0.5, 0.6) is 5.75 Å². The van der Waals surface area contributed by atoms with E-state index in [4.69, 9.17) is 4.74 Å². The molecule has 8 nitrogen and oxygen atoms in total. The van der Waals surface area contributed by atoms with E-state index in [1.807, 2.05) is 18.2 Å². The molecular weight excluding hydrogens is 408 g/mol. The number of amides is 2. The molecule has 0 radical (unpaired) electrons. The smallest absolute Gasteiger partial charge is 0.258 e. The number of nitrogens with zero attached hydrogens (tertiary/aromatic N) is 2. The molecule has 0 unspecified atom stereocenters. The third kappa shape index (κ3) is 4.80. The fourth-order valence-electron chi connectivity index (χ4n) is 4.01. The second-order valence-electron chi connectivity index (χ2n) is 7.87. The minimum absolute atomic E-state index is 0.00407. The molecule has 2 amide bonds. The Kier molecular flexibility index (Phi) is 6.49. The summed E-state index contributed by atoms with van der Waals surface area (Å²) in [4.78, 5) is 46.5. The van der Waals surface area contributed by atoms with E-state index in [1.54, 1.807) is 42.3 Å². The Morgan fingerprint density at radius 2 is 1.84 bits per heavy atom. The number of aromatic nitrogens is 2. The van der Waals surface area contributed by atoms with Gasteiger partial charge in [-0.05, 0) is 37.1 Å². The average Bonchev–Trinajstić information content (AvgIpc) is 2.83. The maximum atomic E-state index is 12.7. The van der Waals surface area contributed by atoms with Crippen molar-refractivity contribution in [3.8, 4) is 5.75 Å². The van der Waals surface area contributed by atoms with E-state index in [-0.39, 0.29) is 29.7 Å². The van der Waals surface area contributed by atoms with E-state index in [0.29, 0.717) is 60.5 Å². The standard InChI is InChI=1S/C24H26N4O4/c1-32-20-9-5-4-8-19(20)26-23(30)16-12-14-28(15-13-16)22(29)11-10-21-25-18-7-3-2-6-17(18)24(31)27-21/h2-9,16H,10-15H2,1H3,(H,26,30)(H,25,27,31). The van der Waals surface area contributed by atoms with Crippen molar-refractivity contribution in [2.45, 2.75) is 25.7 Å². The third-order valence-corrected chi connectivity index (χ3v) is 5.82. The number of fused-ring (bicyclic) bond motifs is 1. The topological polar surface area (TPSA) is 104 Å². The highest BCUT2D eigenvalue weighted by Crippen LogP contribution is 2.26. The highest BCUT2D eigenvalue weighted by atomic mass is 16.5. The minimum atomic E-state index is -0.195. The summed E-state index contributed by atoms with van der Waals surface area (Å²) in [7, 11) is 1.57. The van der Waals surface area contributed by atoms with Gasteiger partial charge in [-0.15, -0.1) is 0 Å². The van der Waals surface area contributed by atoms with E-state index in [1.165, 1.54) is 0 Å². The van der Waals surface area contributed by atoms with Crippen molar-refractivity contribution in [2.24, 2.45) is 5.92 Å². The summed E-state index contributed by atoms with van der Waals surface area (Å²) in [5.74, 6) is 0.924. The molecular formula is C24H26N4O4. The molecule has 0 atom stereocenters. The lowest BCUT2D eigenvalue weighted by atomic mass is 9.95. The van der Waals surface area contributed by atoms with Crippen molar-refractivity contribution in [3.05, 3.63) is 64.7 Å². The van der Waals surface area contributed by atoms with Crippen LogP contribution >= 0.6 is 0 Å². The second-order valence-corrected chi connectivity index (χ2v) is 7.87. The van der Waals surface area contributed by atoms with E-state index >= 15 is 0 Å². The van der Waals surface area contributed by atoms with Crippen LogP contribution in [-0.4, -0.2) is 46.9 Å². The number of methoxy groups -OCH3 is 1. The second kappa shape index (κ2) is 9.64. The summed E-state index contributed by atoms with van der Waals surface area (Å²) in [5.41, 5.74) is 1.08. The Morgan fingerprint density at radius 1 is 1.12 bits per heavy atom. The first-order valence-electron chi connectivity index (χ1n) is 10.7. The molecule has 0 spiro atoms. The molecule has 2 N–H and O–H groups in total. The van der Waals surface area contributed by atoms with Crippen molar-refractivity contribution in [2.75, 3.05) is 25.5 Å². The van der Waals surface area contributed by atoms with Crippen LogP contribution in [0.2, 0.25) is 0 Å². The van der Waals surface area contributed by atoms with Gasteiger partial charge < -0.3 is 19.9 Å². The van der Waals surface area contributed by atoms with E-state index in [0.717, 1.165) is 0 Å². The Bertz CT molecular complexity index is 1180. The predicted octanol–water partition coefficient (Wildman–Crippen LogP) is 2.74. The SMILES string of the molecule is COc1ccccc1NC(=O)C1CCN(C(=O)CCc2nc3ccccc3c(=O)[nH]2)CC1. The van der Waals surface area contributed by atoms with Gasteiger partial charge in [-0.25, -0.2) is 4.98 Å². The lowest BCUT2D eigenvalue weighted by Gasteiger charge is -2.31. The monoisotopic (exact) mass is 434 g/mol. The van der Waals surface area contributed by atoms with Crippen LogP contribution in [-0.2, 0) is 16.0 Å². The van der Waals surface area contributed by atoms with Gasteiger partial charge in [0.2, 0.25) is 11.8 Å². The molecule has 2 heterocycles. The summed E-state index contributed by atoms with van der Waals surface area (Å²) >= 11 is 0. The highest BCUT2D eigenvalue weighted by molar-refractivity contribution is 5.94. The molecule has 4 rings (SSSR count). The highest BCUT2D eigenvalue weighted by Gasteiger charge is 2.27. The van der Waals surface area contributed by atoms with Gasteiger partial charge in [0.1, 0.15) is 11.6 Å². The number of hydrogen-bond donors (Lipinski definition) is 2. The minimum Gasteiger partial charge on any atom is -0.495 e. The number of likely N-dealkylation sites (tertiary alicyclic amines) is 1. The summed E-state index contributed by atoms with van der Waals surface area (Å²) in [6.07, 6.45) is 1.85. The molecule has 1 fully saturated rings. The summed E-state index contributed by atoms with van der Waals surface area (Å²) in [6, 6.07) is 14.4. The molecule has 166 valence electrons. The van der Waals surface area contributed by atoms with Crippen LogP contribution in [0.25, 0.3) is 10.9 Å². The zero-order chi connectivity index (χ0) is 22.5. The molecule has 1 saturated heterocycles. The molecule has 1 aromatic heterocycles. The number of carbonyl (C=O) groups excluding carboxylic acids is 2. The Labute approximate surface area is 185 Å². The van der Waals surface area contributed by atoms with Crippen molar-refractivity contribution in [3.63, 3.8) is 0 Å². The Hall–Kier alpha value is -3.68. The van der Waals surface area contributed by atoms with Crippen molar-refractivity contribution >= 4 is 28.4 Å². The first kappa shape index (κ1) is 21.5. The number of piperidine rings is 1. The Morgan fingerprint density at radius 3 is 2.62 bits per heavy atom. The summed E-state index contributed by atoms with van der Waals surface area (Å²) < 4.78 is 5.28. The van der Waals surface area contributed by atoms with Gasteiger partial charge in [-0.1, -0.05) is 24.3 Å². The van der Waals surface area contributed by atoms with Crippen molar-refractivity contribution < 1.29 is 14.3 Å². The van der Waals surface area contributed by atoms with E-state index in [2.05, 4.69) is 15.3 Å². The molecule has 8 heteroatoms. The number of carbonyl (C=O) groups is 2. The number of H-pyrrole nitrogens is 1. The normalized spacial score (nSPS) is 14.3. The molecule has 0 saturated carbocycles. The van der Waals surface area contributed by atoms with Crippen LogP contribution in [0.3, 0.4) is 0 Å². The van der Waals surface area contributed by atoms with Gasteiger partial charge in [0, 0.05) is 31.8 Å². The van der Waals surface area contributed by atoms with E-state index < -0.39 is 0 Å². The Balaban J connectivity index is 1.29. The predicted molar refractivity (Wildman–Crippen MR) is 122 cm³/mol.